The third kappa shape index (κ3) is 5.89. The predicted octanol–water partition coefficient (Wildman–Crippen LogP) is 17.5. The summed E-state index contributed by atoms with van der Waals surface area (Å²) in [6.45, 7) is 0. The van der Waals surface area contributed by atoms with Gasteiger partial charge in [0.1, 0.15) is 22.3 Å². The minimum absolute atomic E-state index is 0.0511. The summed E-state index contributed by atoms with van der Waals surface area (Å²) < 4.78 is 79.4. The van der Waals surface area contributed by atoms with Gasteiger partial charge in [-0.3, -0.25) is 0 Å². The van der Waals surface area contributed by atoms with Gasteiger partial charge in [0.05, 0.1) is 26.3 Å². The van der Waals surface area contributed by atoms with Crippen molar-refractivity contribution in [3.05, 3.63) is 218 Å². The van der Waals surface area contributed by atoms with Crippen molar-refractivity contribution in [1.29, 1.82) is 0 Å². The van der Waals surface area contributed by atoms with Gasteiger partial charge in [0, 0.05) is 74.7 Å². The molecule has 0 N–H and O–H groups in total. The Bertz CT molecular complexity index is 5060. The Morgan fingerprint density at radius 2 is 1.03 bits per heavy atom. The number of fused-ring (bicyclic) bond motifs is 12. The van der Waals surface area contributed by atoms with E-state index < -0.39 is 12.1 Å². The first kappa shape index (κ1) is 32.5. The topological polar surface area (TPSA) is 69.9 Å². The molecule has 7 heteroatoms. The second-order valence-electron chi connectivity index (χ2n) is 17.3. The van der Waals surface area contributed by atoms with Crippen molar-refractivity contribution in [3.8, 4) is 62.1 Å². The Morgan fingerprint density at radius 3 is 1.94 bits per heavy atom. The van der Waals surface area contributed by atoms with E-state index in [0.717, 1.165) is 80.7 Å². The predicted molar refractivity (Wildman–Crippen MR) is 289 cm³/mol. The number of para-hydroxylation sites is 6. The number of nitrogens with zero attached hydrogens (tertiary/aromatic N) is 4. The highest BCUT2D eigenvalue weighted by molar-refractivity contribution is 7.26. The summed E-state index contributed by atoms with van der Waals surface area (Å²) in [5, 5.41) is 6.31. The van der Waals surface area contributed by atoms with Crippen LogP contribution in [0.4, 0.5) is 0 Å². The van der Waals surface area contributed by atoms with Gasteiger partial charge in [0.25, 0.3) is 0 Å². The minimum atomic E-state index is -0.475. The Labute approximate surface area is 413 Å². The highest BCUT2D eigenvalue weighted by Gasteiger charge is 2.22. The van der Waals surface area contributed by atoms with Crippen LogP contribution in [0.25, 0.3) is 148 Å². The highest BCUT2D eigenvalue weighted by atomic mass is 32.1. The van der Waals surface area contributed by atoms with Gasteiger partial charge >= 0.3 is 0 Å². The van der Waals surface area contributed by atoms with Gasteiger partial charge in [0.2, 0.25) is 0 Å². The third-order valence-corrected chi connectivity index (χ3v) is 14.6. The number of hydrogen-bond donors (Lipinski definition) is 0. The van der Waals surface area contributed by atoms with E-state index in [2.05, 4.69) is 72.8 Å². The SMILES string of the molecule is [2H]c1cc([2H])c2c(c1[2H])c1c([2H])c([2H])c([2H])c([2H])c1n2-c1ccccc1-c1nc(-c2cccc(-c3cccc4c3sc3ccc(-c5cccc6c5oc5ccccc56)cc34)c2)nc(-c2cccc3oc4ccccc4c23)n1. The molecular weight excluding hydrogens is 877 g/mol. The van der Waals surface area contributed by atoms with E-state index >= 15 is 0 Å². The molecule has 5 heterocycles. The standard InChI is InChI=1S/C63H36N4O2S/c1-6-27-51-42(17-1)43-18-2-7-28-52(43)67(51)53-29-8-3-20-47(53)62-64-61(65-63(66-62)49-26-14-32-56-58(49)48-21-5-10-31-55(48)68-56)39-16-11-15-37(35-39)41-23-13-25-46-50-36-38(33-34-57(50)70-60(41)46)40-22-12-24-45-44-19-4-9-30-54(44)69-59(40)45/h1-36H/i1D,2D,6D,17D,18D,27D,28D. The molecule has 0 bridgehead atoms. The van der Waals surface area contributed by atoms with E-state index in [0.29, 0.717) is 39.6 Å². The Hall–Kier alpha value is -9.17. The van der Waals surface area contributed by atoms with Crippen LogP contribution >= 0.6 is 11.3 Å². The molecule has 0 saturated heterocycles. The lowest BCUT2D eigenvalue weighted by molar-refractivity contribution is 0.669. The second kappa shape index (κ2) is 15.2. The third-order valence-electron chi connectivity index (χ3n) is 13.4. The molecule has 0 spiro atoms. The number of hydrogen-bond acceptors (Lipinski definition) is 6. The fourth-order valence-electron chi connectivity index (χ4n) is 10.3. The molecular formula is C63H36N4O2S. The van der Waals surface area contributed by atoms with Crippen molar-refractivity contribution in [2.45, 2.75) is 0 Å². The largest absolute Gasteiger partial charge is 0.456 e. The van der Waals surface area contributed by atoms with Gasteiger partial charge in [0.15, 0.2) is 17.5 Å². The van der Waals surface area contributed by atoms with Gasteiger partial charge in [-0.15, -0.1) is 11.3 Å². The van der Waals surface area contributed by atoms with Crippen molar-refractivity contribution in [3.63, 3.8) is 0 Å². The minimum Gasteiger partial charge on any atom is -0.456 e. The lowest BCUT2D eigenvalue weighted by Crippen LogP contribution is -2.03. The molecule has 6 nitrogen and oxygen atoms in total. The smallest absolute Gasteiger partial charge is 0.166 e. The molecule has 15 rings (SSSR count). The number of aromatic nitrogens is 4. The second-order valence-corrected chi connectivity index (χ2v) is 18.3. The van der Waals surface area contributed by atoms with Gasteiger partial charge in [-0.1, -0.05) is 158 Å². The van der Waals surface area contributed by atoms with Gasteiger partial charge in [-0.05, 0) is 77.3 Å². The monoisotopic (exact) mass is 919 g/mol. The number of benzene rings is 10. The fraction of sp³-hybridized carbons (Fsp3) is 0. The fourth-order valence-corrected chi connectivity index (χ4v) is 11.5. The molecule has 0 fully saturated rings. The van der Waals surface area contributed by atoms with Crippen LogP contribution in [0, 0.1) is 0 Å². The van der Waals surface area contributed by atoms with Crippen LogP contribution in [-0.4, -0.2) is 19.5 Å². The molecule has 0 aliphatic carbocycles. The molecule has 70 heavy (non-hydrogen) atoms. The van der Waals surface area contributed by atoms with Crippen molar-refractivity contribution in [2.75, 3.05) is 0 Å². The summed E-state index contributed by atoms with van der Waals surface area (Å²) in [7, 11) is 0. The van der Waals surface area contributed by atoms with Gasteiger partial charge in [-0.25, -0.2) is 15.0 Å². The normalized spacial score (nSPS) is 13.4. The van der Waals surface area contributed by atoms with E-state index in [9.17, 15) is 2.74 Å². The Morgan fingerprint density at radius 1 is 0.400 bits per heavy atom. The Balaban J connectivity index is 0.933. The van der Waals surface area contributed by atoms with Crippen LogP contribution in [0.3, 0.4) is 0 Å². The first-order valence-corrected chi connectivity index (χ1v) is 23.7. The first-order valence-electron chi connectivity index (χ1n) is 26.3. The van der Waals surface area contributed by atoms with E-state index in [4.69, 9.17) is 30.6 Å². The van der Waals surface area contributed by atoms with Gasteiger partial charge in [-0.2, -0.15) is 0 Å². The number of thiophene rings is 1. The molecule has 326 valence electrons. The summed E-state index contributed by atoms with van der Waals surface area (Å²) in [4.78, 5) is 15.8. The zero-order valence-corrected chi connectivity index (χ0v) is 37.6. The lowest BCUT2D eigenvalue weighted by Gasteiger charge is -2.15. The molecule has 0 aliphatic heterocycles. The molecule has 0 atom stereocenters. The summed E-state index contributed by atoms with van der Waals surface area (Å²) in [5.74, 6) is 0.986. The molecule has 10 aromatic carbocycles. The molecule has 0 aliphatic rings. The van der Waals surface area contributed by atoms with Crippen LogP contribution in [-0.2, 0) is 0 Å². The van der Waals surface area contributed by atoms with Crippen molar-refractivity contribution in [1.82, 2.24) is 19.5 Å². The lowest BCUT2D eigenvalue weighted by atomic mass is 9.98. The van der Waals surface area contributed by atoms with Crippen LogP contribution in [0.1, 0.15) is 9.60 Å². The van der Waals surface area contributed by atoms with Gasteiger partial charge < -0.3 is 13.4 Å². The van der Waals surface area contributed by atoms with E-state index in [-0.39, 0.29) is 57.8 Å². The zero-order valence-electron chi connectivity index (χ0n) is 43.8. The quantitative estimate of drug-likeness (QED) is 0.166. The highest BCUT2D eigenvalue weighted by Crippen LogP contribution is 2.44. The Kier molecular flexibility index (Phi) is 7.05. The van der Waals surface area contributed by atoms with Crippen molar-refractivity contribution in [2.24, 2.45) is 0 Å². The van der Waals surface area contributed by atoms with Crippen LogP contribution < -0.4 is 0 Å². The number of furan rings is 2. The zero-order chi connectivity index (χ0) is 52.0. The maximum absolute atomic E-state index is 9.27. The molecule has 0 saturated carbocycles. The van der Waals surface area contributed by atoms with Crippen LogP contribution in [0.5, 0.6) is 0 Å². The van der Waals surface area contributed by atoms with E-state index in [1.165, 1.54) is 6.07 Å². The molecule has 15 aromatic rings. The van der Waals surface area contributed by atoms with E-state index in [1.54, 1.807) is 28.0 Å². The number of rotatable bonds is 6. The van der Waals surface area contributed by atoms with Crippen LogP contribution in [0.2, 0.25) is 0 Å². The van der Waals surface area contributed by atoms with Crippen molar-refractivity contribution < 1.29 is 18.4 Å². The summed E-state index contributed by atoms with van der Waals surface area (Å²) in [5.41, 5.74) is 9.74. The summed E-state index contributed by atoms with van der Waals surface area (Å²) in [6.07, 6.45) is 0. The average molecular weight is 920 g/mol. The maximum atomic E-state index is 9.27. The molecule has 5 aromatic heterocycles. The molecule has 0 unspecified atom stereocenters. The van der Waals surface area contributed by atoms with Crippen LogP contribution in [0.15, 0.2) is 227 Å². The molecule has 0 radical (unpaired) electrons. The van der Waals surface area contributed by atoms with E-state index in [1.807, 2.05) is 84.9 Å². The first-order chi connectivity index (χ1) is 37.6. The summed E-state index contributed by atoms with van der Waals surface area (Å²) >= 11 is 1.75. The summed E-state index contributed by atoms with van der Waals surface area (Å²) in [6, 6.07) is 55.6. The maximum Gasteiger partial charge on any atom is 0.166 e. The van der Waals surface area contributed by atoms with Crippen molar-refractivity contribution >= 4 is 97.2 Å². The molecule has 0 amide bonds. The average Bonchev–Trinajstić information content (AvgIpc) is 4.46.